The lowest BCUT2D eigenvalue weighted by Gasteiger charge is -2.22. The van der Waals surface area contributed by atoms with Crippen molar-refractivity contribution < 1.29 is 24.5 Å². The van der Waals surface area contributed by atoms with Crippen LogP contribution in [-0.2, 0) is 14.3 Å². The zero-order chi connectivity index (χ0) is 57.1. The summed E-state index contributed by atoms with van der Waals surface area (Å²) in [4.78, 5) is 24.6. The van der Waals surface area contributed by atoms with E-state index < -0.39 is 12.1 Å². The Balaban J connectivity index is 3.41. The molecule has 0 aromatic carbocycles. The standard InChI is InChI=1S/C73H139NO5/c1-3-5-7-9-11-13-15-17-19-21-22-23-27-30-34-37-41-45-49-53-57-61-65-71(76)70(69-75)74-72(77)66-62-58-54-50-46-42-38-35-31-28-25-24-26-29-32-36-40-44-48-52-56-60-64-68-79-73(78)67-63-59-55-51-47-43-39-33-20-18-16-14-12-10-8-6-4-2/h12,14,18,20,28,31,70-71,75-76H,3-11,13,15-17,19,21-27,29-30,32-69H2,1-2H3,(H,74,77)/b14-12-,20-18-,31-28-. The van der Waals surface area contributed by atoms with Gasteiger partial charge in [0, 0.05) is 12.8 Å². The van der Waals surface area contributed by atoms with Crippen LogP contribution in [0, 0.1) is 0 Å². The van der Waals surface area contributed by atoms with Crippen LogP contribution in [0.25, 0.3) is 0 Å². The molecule has 1 amide bonds. The SMILES string of the molecule is CCCCC/C=C\C/C=C\CCCCCCCCCC(=O)OCCCCCCCCCCCCCC/C=C\CCCCCCCCCC(=O)NC(CO)C(O)CCCCCCCCCCCCCCCCCCCCCCCC. The van der Waals surface area contributed by atoms with Crippen molar-refractivity contribution >= 4 is 11.9 Å². The summed E-state index contributed by atoms with van der Waals surface area (Å²) >= 11 is 0. The summed E-state index contributed by atoms with van der Waals surface area (Å²) in [6, 6.07) is -0.548. The summed E-state index contributed by atoms with van der Waals surface area (Å²) in [6.07, 6.45) is 87.6. The van der Waals surface area contributed by atoms with E-state index in [1.54, 1.807) is 0 Å². The Morgan fingerprint density at radius 2 is 0.633 bits per heavy atom. The number of nitrogens with one attached hydrogen (secondary N) is 1. The van der Waals surface area contributed by atoms with Crippen molar-refractivity contribution in [3.05, 3.63) is 36.5 Å². The van der Waals surface area contributed by atoms with E-state index in [0.29, 0.717) is 25.9 Å². The quantitative estimate of drug-likeness (QED) is 0.0320. The van der Waals surface area contributed by atoms with Crippen LogP contribution in [0.4, 0.5) is 0 Å². The first-order valence-electron chi connectivity index (χ1n) is 35.7. The van der Waals surface area contributed by atoms with Gasteiger partial charge in [-0.25, -0.2) is 0 Å². The summed E-state index contributed by atoms with van der Waals surface area (Å²) in [6.45, 7) is 4.96. The highest BCUT2D eigenvalue weighted by atomic mass is 16.5. The fraction of sp³-hybridized carbons (Fsp3) is 0.890. The summed E-state index contributed by atoms with van der Waals surface area (Å²) in [7, 11) is 0. The van der Waals surface area contributed by atoms with Crippen molar-refractivity contribution in [2.24, 2.45) is 0 Å². The Bertz CT molecular complexity index is 1280. The topological polar surface area (TPSA) is 95.9 Å². The van der Waals surface area contributed by atoms with E-state index >= 15 is 0 Å². The fourth-order valence-corrected chi connectivity index (χ4v) is 11.2. The predicted octanol–water partition coefficient (Wildman–Crippen LogP) is 23.1. The van der Waals surface area contributed by atoms with Gasteiger partial charge in [-0.1, -0.05) is 333 Å². The van der Waals surface area contributed by atoms with E-state index in [9.17, 15) is 19.8 Å². The van der Waals surface area contributed by atoms with Gasteiger partial charge in [-0.05, 0) is 83.5 Å². The molecular weight excluding hydrogens is 971 g/mol. The van der Waals surface area contributed by atoms with Crippen LogP contribution < -0.4 is 5.32 Å². The van der Waals surface area contributed by atoms with Crippen molar-refractivity contribution in [2.75, 3.05) is 13.2 Å². The number of ether oxygens (including phenoxy) is 1. The van der Waals surface area contributed by atoms with Crippen molar-refractivity contribution in [1.29, 1.82) is 0 Å². The Kier molecular flexibility index (Phi) is 66.9. The summed E-state index contributed by atoms with van der Waals surface area (Å²) in [5.74, 6) is -0.0329. The van der Waals surface area contributed by atoms with E-state index in [1.165, 1.54) is 308 Å². The van der Waals surface area contributed by atoms with Crippen LogP contribution in [0.2, 0.25) is 0 Å². The minimum Gasteiger partial charge on any atom is -0.466 e. The number of unbranched alkanes of at least 4 members (excludes halogenated alkanes) is 50. The third-order valence-corrected chi connectivity index (χ3v) is 16.7. The molecule has 0 saturated heterocycles. The van der Waals surface area contributed by atoms with Gasteiger partial charge in [0.2, 0.25) is 5.91 Å². The summed E-state index contributed by atoms with van der Waals surface area (Å²) in [5.41, 5.74) is 0. The van der Waals surface area contributed by atoms with Gasteiger partial charge in [-0.2, -0.15) is 0 Å². The Hall–Kier alpha value is -1.92. The summed E-state index contributed by atoms with van der Waals surface area (Å²) < 4.78 is 5.50. The number of carbonyl (C=O) groups is 2. The number of aliphatic hydroxyl groups is 2. The number of carbonyl (C=O) groups excluding carboxylic acids is 2. The minimum absolute atomic E-state index is 0.00444. The maximum Gasteiger partial charge on any atom is 0.305 e. The van der Waals surface area contributed by atoms with Crippen LogP contribution in [0.1, 0.15) is 393 Å². The van der Waals surface area contributed by atoms with E-state index in [0.717, 1.165) is 51.4 Å². The third kappa shape index (κ3) is 65.1. The Labute approximate surface area is 494 Å². The fourth-order valence-electron chi connectivity index (χ4n) is 11.2. The summed E-state index contributed by atoms with van der Waals surface area (Å²) in [5, 5.41) is 23.4. The van der Waals surface area contributed by atoms with Crippen molar-refractivity contribution in [1.82, 2.24) is 5.32 Å². The zero-order valence-corrected chi connectivity index (χ0v) is 53.4. The molecule has 0 rings (SSSR count). The number of hydrogen-bond donors (Lipinski definition) is 3. The monoisotopic (exact) mass is 1110 g/mol. The number of amides is 1. The second-order valence-corrected chi connectivity index (χ2v) is 24.6. The van der Waals surface area contributed by atoms with E-state index in [4.69, 9.17) is 4.74 Å². The smallest absolute Gasteiger partial charge is 0.305 e. The van der Waals surface area contributed by atoms with Crippen molar-refractivity contribution in [2.45, 2.75) is 405 Å². The molecule has 0 fully saturated rings. The van der Waals surface area contributed by atoms with Crippen molar-refractivity contribution in [3.8, 4) is 0 Å². The highest BCUT2D eigenvalue weighted by Gasteiger charge is 2.20. The number of rotatable bonds is 67. The average molecular weight is 1110 g/mol. The number of hydrogen-bond acceptors (Lipinski definition) is 5. The largest absolute Gasteiger partial charge is 0.466 e. The highest BCUT2D eigenvalue weighted by molar-refractivity contribution is 5.76. The molecule has 6 nitrogen and oxygen atoms in total. The lowest BCUT2D eigenvalue weighted by Crippen LogP contribution is -2.45. The van der Waals surface area contributed by atoms with E-state index in [2.05, 4.69) is 55.6 Å². The average Bonchev–Trinajstić information content (AvgIpc) is 3.45. The molecule has 0 aliphatic rings. The van der Waals surface area contributed by atoms with Crippen LogP contribution >= 0.6 is 0 Å². The maximum atomic E-state index is 12.5. The molecule has 466 valence electrons. The minimum atomic E-state index is -0.670. The van der Waals surface area contributed by atoms with E-state index in [-0.39, 0.29) is 18.5 Å². The molecular formula is C73H139NO5. The van der Waals surface area contributed by atoms with Crippen LogP contribution in [0.3, 0.4) is 0 Å². The van der Waals surface area contributed by atoms with Gasteiger partial charge < -0.3 is 20.3 Å². The molecule has 2 atom stereocenters. The first-order chi connectivity index (χ1) is 39.0. The van der Waals surface area contributed by atoms with Gasteiger partial charge >= 0.3 is 5.97 Å². The number of esters is 1. The van der Waals surface area contributed by atoms with Gasteiger partial charge in [0.1, 0.15) is 0 Å². The third-order valence-electron chi connectivity index (χ3n) is 16.7. The molecule has 0 heterocycles. The molecule has 0 radical (unpaired) electrons. The number of allylic oxidation sites excluding steroid dienone is 6. The molecule has 79 heavy (non-hydrogen) atoms. The molecule has 0 spiro atoms. The Morgan fingerprint density at radius 3 is 1.00 bits per heavy atom. The molecule has 2 unspecified atom stereocenters. The van der Waals surface area contributed by atoms with Gasteiger partial charge in [-0.15, -0.1) is 0 Å². The highest BCUT2D eigenvalue weighted by Crippen LogP contribution is 2.19. The molecule has 3 N–H and O–H groups in total. The lowest BCUT2D eigenvalue weighted by atomic mass is 10.0. The lowest BCUT2D eigenvalue weighted by molar-refractivity contribution is -0.143. The second-order valence-electron chi connectivity index (χ2n) is 24.6. The maximum absolute atomic E-state index is 12.5. The molecule has 0 bridgehead atoms. The molecule has 0 aromatic rings. The van der Waals surface area contributed by atoms with Crippen molar-refractivity contribution in [3.63, 3.8) is 0 Å². The first kappa shape index (κ1) is 77.1. The molecule has 0 aliphatic carbocycles. The van der Waals surface area contributed by atoms with Crippen LogP contribution in [0.15, 0.2) is 36.5 Å². The van der Waals surface area contributed by atoms with Gasteiger partial charge in [0.25, 0.3) is 0 Å². The molecule has 0 aromatic heterocycles. The van der Waals surface area contributed by atoms with Gasteiger partial charge in [-0.3, -0.25) is 9.59 Å². The molecule has 6 heteroatoms. The number of aliphatic hydroxyl groups excluding tert-OH is 2. The van der Waals surface area contributed by atoms with Gasteiger partial charge in [0.05, 0.1) is 25.4 Å². The second kappa shape index (κ2) is 68.6. The zero-order valence-electron chi connectivity index (χ0n) is 53.4. The van der Waals surface area contributed by atoms with E-state index in [1.807, 2.05) is 0 Å². The molecule has 0 aliphatic heterocycles. The molecule has 0 saturated carbocycles. The predicted molar refractivity (Wildman–Crippen MR) is 347 cm³/mol. The van der Waals surface area contributed by atoms with Gasteiger partial charge in [0.15, 0.2) is 0 Å². The normalized spacial score (nSPS) is 12.7. The Morgan fingerprint density at radius 1 is 0.354 bits per heavy atom. The van der Waals surface area contributed by atoms with Crippen LogP contribution in [-0.4, -0.2) is 47.4 Å². The van der Waals surface area contributed by atoms with Crippen LogP contribution in [0.5, 0.6) is 0 Å². The first-order valence-corrected chi connectivity index (χ1v) is 35.7.